The van der Waals surface area contributed by atoms with Gasteiger partial charge in [-0.3, -0.25) is 0 Å². The first-order valence-electron chi connectivity index (χ1n) is 10.4. The van der Waals surface area contributed by atoms with Crippen molar-refractivity contribution in [1.29, 1.82) is 0 Å². The van der Waals surface area contributed by atoms with E-state index in [0.717, 1.165) is 58.6 Å². The average Bonchev–Trinajstić information content (AvgIpc) is 3.07. The molecule has 0 bridgehead atoms. The van der Waals surface area contributed by atoms with Crippen molar-refractivity contribution in [2.75, 3.05) is 0 Å². The Hall–Kier alpha value is -2.98. The lowest BCUT2D eigenvalue weighted by molar-refractivity contribution is 0.253. The summed E-state index contributed by atoms with van der Waals surface area (Å²) in [6, 6.07) is 19.2. The lowest BCUT2D eigenvalue weighted by Gasteiger charge is -2.38. The van der Waals surface area contributed by atoms with Crippen LogP contribution < -0.4 is 5.73 Å². The van der Waals surface area contributed by atoms with Gasteiger partial charge in [0.15, 0.2) is 5.65 Å². The Morgan fingerprint density at radius 2 is 1.72 bits per heavy atom. The number of benzene rings is 2. The molecule has 2 aromatic heterocycles. The van der Waals surface area contributed by atoms with Crippen LogP contribution in [0.4, 0.5) is 0 Å². The van der Waals surface area contributed by atoms with Gasteiger partial charge in [-0.2, -0.15) is 5.10 Å². The topological polar surface area (TPSA) is 56.2 Å². The van der Waals surface area contributed by atoms with Crippen molar-refractivity contribution < 1.29 is 0 Å². The molecule has 4 aromatic rings. The van der Waals surface area contributed by atoms with Crippen LogP contribution in [0.25, 0.3) is 27.9 Å². The van der Waals surface area contributed by atoms with Gasteiger partial charge in [-0.1, -0.05) is 61.5 Å². The van der Waals surface area contributed by atoms with E-state index < -0.39 is 0 Å². The zero-order valence-corrected chi connectivity index (χ0v) is 17.0. The molecule has 0 atom stereocenters. The standard InChI is InChI=1S/C25H26N4/c1-3-22-17(2)28-24-23(19-10-12-20(13-11-19)25(26)14-7-15-25)21(16-27-29(22)24)18-8-5-4-6-9-18/h4-6,8-13,16H,3,7,14-15,26H2,1-2H3. The van der Waals surface area contributed by atoms with Crippen LogP contribution in [0.15, 0.2) is 60.8 Å². The molecule has 0 amide bonds. The first-order chi connectivity index (χ1) is 14.1. The van der Waals surface area contributed by atoms with Gasteiger partial charge >= 0.3 is 0 Å². The molecule has 0 aliphatic heterocycles. The number of nitrogens with two attached hydrogens (primary N) is 1. The third-order valence-corrected chi connectivity index (χ3v) is 6.36. The molecule has 5 rings (SSSR count). The minimum atomic E-state index is -0.145. The minimum absolute atomic E-state index is 0.145. The second-order valence-corrected chi connectivity index (χ2v) is 8.12. The van der Waals surface area contributed by atoms with Crippen LogP contribution in [0.3, 0.4) is 0 Å². The number of nitrogens with zero attached hydrogens (tertiary/aromatic N) is 3. The largest absolute Gasteiger partial charge is 0.321 e. The Morgan fingerprint density at radius 3 is 2.34 bits per heavy atom. The van der Waals surface area contributed by atoms with E-state index in [1.165, 1.54) is 12.0 Å². The maximum Gasteiger partial charge on any atom is 0.162 e. The quantitative estimate of drug-likeness (QED) is 0.523. The Labute approximate surface area is 171 Å². The zero-order chi connectivity index (χ0) is 20.0. The fraction of sp³-hybridized carbons (Fsp3) is 0.280. The van der Waals surface area contributed by atoms with Gasteiger partial charge in [0.05, 0.1) is 17.6 Å². The Morgan fingerprint density at radius 1 is 1.00 bits per heavy atom. The van der Waals surface area contributed by atoms with Crippen LogP contribution in [-0.2, 0) is 12.0 Å². The van der Waals surface area contributed by atoms with Gasteiger partial charge in [0.1, 0.15) is 0 Å². The molecule has 2 heterocycles. The van der Waals surface area contributed by atoms with Crippen LogP contribution in [0.1, 0.15) is 43.1 Å². The van der Waals surface area contributed by atoms with Crippen LogP contribution in [0, 0.1) is 6.92 Å². The number of rotatable bonds is 4. The third-order valence-electron chi connectivity index (χ3n) is 6.36. The predicted molar refractivity (Wildman–Crippen MR) is 118 cm³/mol. The second-order valence-electron chi connectivity index (χ2n) is 8.12. The maximum atomic E-state index is 6.54. The summed E-state index contributed by atoms with van der Waals surface area (Å²) in [5, 5.41) is 4.75. The molecule has 1 fully saturated rings. The molecule has 146 valence electrons. The van der Waals surface area contributed by atoms with Crippen molar-refractivity contribution in [2.24, 2.45) is 5.73 Å². The van der Waals surface area contributed by atoms with Gasteiger partial charge in [-0.15, -0.1) is 0 Å². The maximum absolute atomic E-state index is 6.54. The molecule has 2 N–H and O–H groups in total. The Balaban J connectivity index is 1.74. The van der Waals surface area contributed by atoms with Gasteiger partial charge < -0.3 is 5.73 Å². The summed E-state index contributed by atoms with van der Waals surface area (Å²) < 4.78 is 2.00. The smallest absolute Gasteiger partial charge is 0.162 e. The monoisotopic (exact) mass is 382 g/mol. The lowest BCUT2D eigenvalue weighted by Crippen LogP contribution is -2.43. The van der Waals surface area contributed by atoms with Crippen LogP contribution >= 0.6 is 0 Å². The van der Waals surface area contributed by atoms with E-state index in [9.17, 15) is 0 Å². The summed E-state index contributed by atoms with van der Waals surface area (Å²) in [5.41, 5.74) is 15.3. The normalized spacial score (nSPS) is 15.4. The van der Waals surface area contributed by atoms with Crippen molar-refractivity contribution in [3.8, 4) is 22.3 Å². The van der Waals surface area contributed by atoms with Gasteiger partial charge in [0, 0.05) is 16.7 Å². The molecule has 2 aromatic carbocycles. The molecule has 0 saturated heterocycles. The van der Waals surface area contributed by atoms with Gasteiger partial charge in [-0.05, 0) is 49.3 Å². The fourth-order valence-electron chi connectivity index (χ4n) is 4.48. The number of aryl methyl sites for hydroxylation is 2. The summed E-state index contributed by atoms with van der Waals surface area (Å²) in [5.74, 6) is 0. The van der Waals surface area contributed by atoms with Crippen molar-refractivity contribution >= 4 is 5.65 Å². The number of hydrogen-bond donors (Lipinski definition) is 1. The summed E-state index contributed by atoms with van der Waals surface area (Å²) in [4.78, 5) is 4.92. The van der Waals surface area contributed by atoms with E-state index in [1.54, 1.807) is 0 Å². The van der Waals surface area contributed by atoms with Crippen molar-refractivity contribution in [3.05, 3.63) is 77.7 Å². The van der Waals surface area contributed by atoms with Gasteiger partial charge in [0.2, 0.25) is 0 Å². The van der Waals surface area contributed by atoms with Gasteiger partial charge in [-0.25, -0.2) is 9.50 Å². The third kappa shape index (κ3) is 2.87. The molecule has 1 saturated carbocycles. The molecule has 1 aliphatic carbocycles. The molecular formula is C25H26N4. The highest BCUT2D eigenvalue weighted by atomic mass is 15.3. The van der Waals surface area contributed by atoms with Crippen LogP contribution in [0.2, 0.25) is 0 Å². The van der Waals surface area contributed by atoms with Crippen molar-refractivity contribution in [1.82, 2.24) is 14.6 Å². The Bertz CT molecular complexity index is 1170. The molecule has 0 radical (unpaired) electrons. The molecule has 1 aliphatic rings. The molecule has 0 unspecified atom stereocenters. The van der Waals surface area contributed by atoms with Gasteiger partial charge in [0.25, 0.3) is 0 Å². The molecule has 4 heteroatoms. The lowest BCUT2D eigenvalue weighted by atomic mass is 9.72. The highest BCUT2D eigenvalue weighted by Crippen LogP contribution is 2.40. The van der Waals surface area contributed by atoms with Crippen LogP contribution in [0.5, 0.6) is 0 Å². The van der Waals surface area contributed by atoms with E-state index in [1.807, 2.05) is 16.8 Å². The summed E-state index contributed by atoms with van der Waals surface area (Å²) in [6.45, 7) is 4.22. The van der Waals surface area contributed by atoms with Crippen molar-refractivity contribution in [2.45, 2.75) is 45.1 Å². The number of hydrogen-bond acceptors (Lipinski definition) is 3. The zero-order valence-electron chi connectivity index (χ0n) is 17.0. The SMILES string of the molecule is CCc1c(C)nc2c(-c3ccc(C4(N)CCC4)cc3)c(-c3ccccc3)cnn12. The predicted octanol–water partition coefficient (Wildman–Crippen LogP) is 5.27. The molecular weight excluding hydrogens is 356 g/mol. The average molecular weight is 383 g/mol. The number of fused-ring (bicyclic) bond motifs is 1. The Kier molecular flexibility index (Phi) is 4.25. The molecule has 0 spiro atoms. The summed E-state index contributed by atoms with van der Waals surface area (Å²) >= 11 is 0. The van der Waals surface area contributed by atoms with E-state index >= 15 is 0 Å². The molecule has 29 heavy (non-hydrogen) atoms. The number of aromatic nitrogens is 3. The van der Waals surface area contributed by atoms with E-state index in [4.69, 9.17) is 15.8 Å². The first-order valence-corrected chi connectivity index (χ1v) is 10.4. The second kappa shape index (κ2) is 6.82. The van der Waals surface area contributed by atoms with E-state index in [2.05, 4.69) is 62.4 Å². The first kappa shape index (κ1) is 18.1. The highest BCUT2D eigenvalue weighted by Gasteiger charge is 2.34. The fourth-order valence-corrected chi connectivity index (χ4v) is 4.48. The van der Waals surface area contributed by atoms with E-state index in [-0.39, 0.29) is 5.54 Å². The highest BCUT2D eigenvalue weighted by molar-refractivity contribution is 5.91. The summed E-state index contributed by atoms with van der Waals surface area (Å²) in [7, 11) is 0. The van der Waals surface area contributed by atoms with E-state index in [0.29, 0.717) is 0 Å². The van der Waals surface area contributed by atoms with Crippen LogP contribution in [-0.4, -0.2) is 14.6 Å². The minimum Gasteiger partial charge on any atom is -0.321 e. The summed E-state index contributed by atoms with van der Waals surface area (Å²) in [6.07, 6.45) is 6.23. The van der Waals surface area contributed by atoms with Crippen molar-refractivity contribution in [3.63, 3.8) is 0 Å². The number of imidazole rings is 1. The molecule has 4 nitrogen and oxygen atoms in total.